The van der Waals surface area contributed by atoms with Gasteiger partial charge in [0, 0.05) is 29.8 Å². The van der Waals surface area contributed by atoms with Crippen molar-refractivity contribution in [3.8, 4) is 34.1 Å². The summed E-state index contributed by atoms with van der Waals surface area (Å²) in [6.07, 6.45) is 2.10. The second kappa shape index (κ2) is 8.67. The number of nitro groups is 2. The number of nitro benzene ring substituents is 2. The predicted octanol–water partition coefficient (Wildman–Crippen LogP) is 6.85. The Kier molecular flexibility index (Phi) is 5.39. The van der Waals surface area contributed by atoms with Gasteiger partial charge in [-0.3, -0.25) is 20.2 Å². The largest absolute Gasteiger partial charge is 0.457 e. The minimum Gasteiger partial charge on any atom is -0.457 e. The molecule has 5 rings (SSSR count). The lowest BCUT2D eigenvalue weighted by atomic mass is 9.86. The van der Waals surface area contributed by atoms with Crippen LogP contribution in [0.5, 0.6) is 23.0 Å². The summed E-state index contributed by atoms with van der Waals surface area (Å²) in [6, 6.07) is 23.4. The van der Waals surface area contributed by atoms with E-state index in [1.165, 1.54) is 35.4 Å². The molecule has 1 aliphatic rings. The van der Waals surface area contributed by atoms with Crippen LogP contribution in [0.1, 0.15) is 11.1 Å². The molecule has 4 aromatic rings. The average molecular weight is 454 g/mol. The molecule has 0 amide bonds. The summed E-state index contributed by atoms with van der Waals surface area (Å²) in [5.74, 6) is 2.06. The average Bonchev–Trinajstić information content (AvgIpc) is 2.82. The lowest BCUT2D eigenvalue weighted by Gasteiger charge is -2.20. The zero-order valence-corrected chi connectivity index (χ0v) is 17.8. The topological polar surface area (TPSA) is 105 Å². The Morgan fingerprint density at radius 1 is 0.588 bits per heavy atom. The fraction of sp³-hybridized carbons (Fsp3) is 0.0769. The van der Waals surface area contributed by atoms with Crippen molar-refractivity contribution in [2.24, 2.45) is 0 Å². The molecule has 0 radical (unpaired) electrons. The first kappa shape index (κ1) is 21.1. The Labute approximate surface area is 194 Å². The third-order valence-electron chi connectivity index (χ3n) is 5.69. The molecule has 1 aliphatic carbocycles. The molecule has 0 saturated heterocycles. The molecular weight excluding hydrogens is 436 g/mol. The van der Waals surface area contributed by atoms with Crippen LogP contribution in [0, 0.1) is 20.2 Å². The van der Waals surface area contributed by atoms with Crippen LogP contribution in [0.25, 0.3) is 11.1 Å². The smallest absolute Gasteiger partial charge is 0.269 e. The third-order valence-corrected chi connectivity index (χ3v) is 5.69. The van der Waals surface area contributed by atoms with Crippen molar-refractivity contribution < 1.29 is 19.3 Å². The van der Waals surface area contributed by atoms with Crippen LogP contribution in [-0.2, 0) is 12.8 Å². The molecule has 0 bridgehead atoms. The Balaban J connectivity index is 1.48. The molecule has 0 fully saturated rings. The van der Waals surface area contributed by atoms with Crippen molar-refractivity contribution in [1.29, 1.82) is 0 Å². The van der Waals surface area contributed by atoms with Crippen molar-refractivity contribution in [1.82, 2.24) is 0 Å². The Morgan fingerprint density at radius 2 is 1.15 bits per heavy atom. The quantitative estimate of drug-likeness (QED) is 0.223. The van der Waals surface area contributed by atoms with E-state index >= 15 is 0 Å². The van der Waals surface area contributed by atoms with Crippen LogP contribution in [0.3, 0.4) is 0 Å². The second-order valence-corrected chi connectivity index (χ2v) is 7.85. The number of hydrogen-bond acceptors (Lipinski definition) is 6. The molecule has 4 aromatic carbocycles. The van der Waals surface area contributed by atoms with Gasteiger partial charge in [-0.25, -0.2) is 0 Å². The van der Waals surface area contributed by atoms with Crippen LogP contribution in [0.4, 0.5) is 11.4 Å². The predicted molar refractivity (Wildman–Crippen MR) is 126 cm³/mol. The van der Waals surface area contributed by atoms with E-state index in [0.29, 0.717) is 23.0 Å². The number of nitrogens with zero attached hydrogens (tertiary/aromatic N) is 2. The molecule has 0 aliphatic heterocycles. The maximum absolute atomic E-state index is 10.9. The summed E-state index contributed by atoms with van der Waals surface area (Å²) in [5, 5.41) is 21.8. The van der Waals surface area contributed by atoms with Gasteiger partial charge in [-0.2, -0.15) is 0 Å². The number of aryl methyl sites for hydroxylation is 2. The highest BCUT2D eigenvalue weighted by Crippen LogP contribution is 2.39. The molecule has 8 heteroatoms. The van der Waals surface area contributed by atoms with Crippen molar-refractivity contribution in [3.63, 3.8) is 0 Å². The Hall–Kier alpha value is -4.72. The van der Waals surface area contributed by atoms with Gasteiger partial charge in [-0.15, -0.1) is 0 Å². The summed E-state index contributed by atoms with van der Waals surface area (Å²) < 4.78 is 12.0. The van der Waals surface area contributed by atoms with Gasteiger partial charge in [0.1, 0.15) is 23.0 Å². The molecule has 0 heterocycles. The van der Waals surface area contributed by atoms with Crippen LogP contribution in [0.2, 0.25) is 0 Å². The van der Waals surface area contributed by atoms with Crippen LogP contribution in [0.15, 0.2) is 84.9 Å². The fourth-order valence-electron chi connectivity index (χ4n) is 3.78. The van der Waals surface area contributed by atoms with Crippen LogP contribution >= 0.6 is 0 Å². The van der Waals surface area contributed by atoms with Gasteiger partial charge < -0.3 is 9.47 Å². The van der Waals surface area contributed by atoms with E-state index in [1.807, 2.05) is 12.1 Å². The molecule has 0 N–H and O–H groups in total. The lowest BCUT2D eigenvalue weighted by molar-refractivity contribution is -0.385. The van der Waals surface area contributed by atoms with Crippen molar-refractivity contribution in [2.75, 3.05) is 0 Å². The summed E-state index contributed by atoms with van der Waals surface area (Å²) >= 11 is 0. The van der Waals surface area contributed by atoms with E-state index in [-0.39, 0.29) is 11.4 Å². The molecule has 8 nitrogen and oxygen atoms in total. The van der Waals surface area contributed by atoms with E-state index in [9.17, 15) is 20.2 Å². The van der Waals surface area contributed by atoms with E-state index in [4.69, 9.17) is 9.47 Å². The summed E-state index contributed by atoms with van der Waals surface area (Å²) in [5.41, 5.74) is 4.36. The number of fused-ring (bicyclic) bond motifs is 1. The van der Waals surface area contributed by atoms with E-state index in [0.717, 1.165) is 24.0 Å². The first-order valence-electron chi connectivity index (χ1n) is 10.6. The highest BCUT2D eigenvalue weighted by atomic mass is 16.6. The number of benzene rings is 4. The monoisotopic (exact) mass is 454 g/mol. The minimum atomic E-state index is -0.461. The Morgan fingerprint density at radius 3 is 1.68 bits per heavy atom. The fourth-order valence-corrected chi connectivity index (χ4v) is 3.78. The highest BCUT2D eigenvalue weighted by molar-refractivity contribution is 5.74. The van der Waals surface area contributed by atoms with Gasteiger partial charge in [-0.05, 0) is 72.0 Å². The van der Waals surface area contributed by atoms with Crippen molar-refractivity contribution >= 4 is 11.4 Å². The van der Waals surface area contributed by atoms with E-state index in [2.05, 4.69) is 12.1 Å². The van der Waals surface area contributed by atoms with Gasteiger partial charge in [0.25, 0.3) is 11.4 Å². The zero-order chi connectivity index (χ0) is 23.7. The van der Waals surface area contributed by atoms with Crippen molar-refractivity contribution in [3.05, 3.63) is 116 Å². The first-order chi connectivity index (χ1) is 16.5. The van der Waals surface area contributed by atoms with Gasteiger partial charge >= 0.3 is 0 Å². The van der Waals surface area contributed by atoms with Gasteiger partial charge in [0.2, 0.25) is 0 Å². The second-order valence-electron chi connectivity index (χ2n) is 7.85. The molecule has 0 aromatic heterocycles. The molecule has 0 saturated carbocycles. The summed E-state index contributed by atoms with van der Waals surface area (Å²) in [4.78, 5) is 20.9. The lowest BCUT2D eigenvalue weighted by Crippen LogP contribution is -2.07. The number of hydrogen-bond donors (Lipinski definition) is 0. The third kappa shape index (κ3) is 4.29. The van der Waals surface area contributed by atoms with Crippen LogP contribution < -0.4 is 9.47 Å². The molecule has 168 valence electrons. The van der Waals surface area contributed by atoms with E-state index in [1.54, 1.807) is 36.4 Å². The molecule has 0 unspecified atom stereocenters. The number of ether oxygens (including phenoxy) is 2. The number of rotatable bonds is 7. The maximum Gasteiger partial charge on any atom is 0.269 e. The minimum absolute atomic E-state index is 0.0121. The van der Waals surface area contributed by atoms with Gasteiger partial charge in [0.05, 0.1) is 9.85 Å². The zero-order valence-electron chi connectivity index (χ0n) is 17.8. The SMILES string of the molecule is O=[N+]([O-])c1ccc(Oc2ccc(Oc3ccc([N+](=O)[O-])cc3)c(-c3ccc4c(c3)CC4)c2)cc1. The molecule has 0 atom stereocenters. The maximum atomic E-state index is 10.9. The standard InChI is InChI=1S/C26H18N2O6/c29-27(30)20-5-9-22(10-6-20)33-24-13-14-26(34-23-11-7-21(8-12-23)28(31)32)25(16-24)19-4-2-17-1-3-18(17)15-19/h2,4-16H,1,3H2. The normalized spacial score (nSPS) is 11.8. The molecule has 0 spiro atoms. The van der Waals surface area contributed by atoms with Gasteiger partial charge in [-0.1, -0.05) is 18.2 Å². The molecular formula is C26H18N2O6. The first-order valence-corrected chi connectivity index (χ1v) is 10.6. The summed E-state index contributed by atoms with van der Waals surface area (Å²) in [7, 11) is 0. The summed E-state index contributed by atoms with van der Waals surface area (Å²) in [6.45, 7) is 0. The number of non-ortho nitro benzene ring substituents is 2. The van der Waals surface area contributed by atoms with Crippen molar-refractivity contribution in [2.45, 2.75) is 12.8 Å². The highest BCUT2D eigenvalue weighted by Gasteiger charge is 2.17. The van der Waals surface area contributed by atoms with Crippen LogP contribution in [-0.4, -0.2) is 9.85 Å². The molecule has 34 heavy (non-hydrogen) atoms. The van der Waals surface area contributed by atoms with E-state index < -0.39 is 9.85 Å². The Bertz CT molecular complexity index is 1400. The van der Waals surface area contributed by atoms with Gasteiger partial charge in [0.15, 0.2) is 0 Å².